The predicted molar refractivity (Wildman–Crippen MR) is 64.1 cm³/mol. The number of nitrogens with two attached hydrogens (primary N) is 1. The molecule has 1 aliphatic heterocycles. The van der Waals surface area contributed by atoms with E-state index in [2.05, 4.69) is 11.9 Å². The zero-order valence-electron chi connectivity index (χ0n) is 9.86. The Labute approximate surface area is 97.0 Å². The van der Waals surface area contributed by atoms with Crippen LogP contribution in [0.1, 0.15) is 42.9 Å². The molecule has 2 rings (SSSR count). The Morgan fingerprint density at radius 1 is 1.56 bits per heavy atom. The van der Waals surface area contributed by atoms with E-state index in [1.807, 2.05) is 18.5 Å². The summed E-state index contributed by atoms with van der Waals surface area (Å²) >= 11 is 0. The first-order valence-corrected chi connectivity index (χ1v) is 6.05. The van der Waals surface area contributed by atoms with Crippen molar-refractivity contribution in [2.75, 3.05) is 6.61 Å². The Morgan fingerprint density at radius 2 is 2.44 bits per heavy atom. The van der Waals surface area contributed by atoms with Crippen LogP contribution in [-0.4, -0.2) is 17.7 Å². The molecule has 1 aromatic heterocycles. The molecule has 0 aliphatic carbocycles. The van der Waals surface area contributed by atoms with Gasteiger partial charge in [0.25, 0.3) is 0 Å². The molecule has 2 unspecified atom stereocenters. The second-order valence-electron chi connectivity index (χ2n) is 4.56. The predicted octanol–water partition coefficient (Wildman–Crippen LogP) is 2.35. The lowest BCUT2D eigenvalue weighted by molar-refractivity contribution is 0.00725. The van der Waals surface area contributed by atoms with Crippen LogP contribution in [0.2, 0.25) is 0 Å². The molecule has 1 saturated heterocycles. The molecule has 0 aromatic carbocycles. The summed E-state index contributed by atoms with van der Waals surface area (Å²) in [5.41, 5.74) is 8.58. The number of pyridine rings is 1. The minimum atomic E-state index is 0.0526. The lowest BCUT2D eigenvalue weighted by Crippen LogP contribution is -2.25. The molecular weight excluding hydrogens is 200 g/mol. The minimum absolute atomic E-state index is 0.0526. The lowest BCUT2D eigenvalue weighted by atomic mass is 9.96. The van der Waals surface area contributed by atoms with Gasteiger partial charge in [-0.05, 0) is 49.8 Å². The third-order valence-electron chi connectivity index (χ3n) is 3.27. The standard InChI is InChI=1S/C13H20N2O/c1-10-5-6-15-9-12(10)13(14)8-11-4-2-3-7-16-11/h5-6,9,11,13H,2-4,7-8,14H2,1H3. The Balaban J connectivity index is 1.96. The van der Waals surface area contributed by atoms with Crippen LogP contribution in [0.15, 0.2) is 18.5 Å². The Bertz CT molecular complexity index is 334. The molecule has 0 radical (unpaired) electrons. The van der Waals surface area contributed by atoms with Gasteiger partial charge in [0.15, 0.2) is 0 Å². The van der Waals surface area contributed by atoms with Gasteiger partial charge in [0.2, 0.25) is 0 Å². The van der Waals surface area contributed by atoms with Crippen LogP contribution in [-0.2, 0) is 4.74 Å². The van der Waals surface area contributed by atoms with Crippen molar-refractivity contribution in [2.24, 2.45) is 5.73 Å². The molecule has 0 spiro atoms. The van der Waals surface area contributed by atoms with Crippen LogP contribution in [0.5, 0.6) is 0 Å². The summed E-state index contributed by atoms with van der Waals surface area (Å²) in [4.78, 5) is 4.14. The molecule has 3 heteroatoms. The van der Waals surface area contributed by atoms with E-state index in [0.717, 1.165) is 25.0 Å². The molecule has 0 bridgehead atoms. The number of hydrogen-bond acceptors (Lipinski definition) is 3. The lowest BCUT2D eigenvalue weighted by Gasteiger charge is -2.25. The summed E-state index contributed by atoms with van der Waals surface area (Å²) in [6.45, 7) is 2.97. The van der Waals surface area contributed by atoms with Gasteiger partial charge >= 0.3 is 0 Å². The van der Waals surface area contributed by atoms with E-state index in [4.69, 9.17) is 10.5 Å². The smallest absolute Gasteiger partial charge is 0.0593 e. The summed E-state index contributed by atoms with van der Waals surface area (Å²) in [5, 5.41) is 0. The van der Waals surface area contributed by atoms with Gasteiger partial charge < -0.3 is 10.5 Å². The Morgan fingerprint density at radius 3 is 3.12 bits per heavy atom. The first kappa shape index (κ1) is 11.6. The number of aromatic nitrogens is 1. The molecular formula is C13H20N2O. The van der Waals surface area contributed by atoms with E-state index < -0.39 is 0 Å². The third-order valence-corrected chi connectivity index (χ3v) is 3.27. The highest BCUT2D eigenvalue weighted by molar-refractivity contribution is 5.24. The molecule has 88 valence electrons. The summed E-state index contributed by atoms with van der Waals surface area (Å²) in [5.74, 6) is 0. The highest BCUT2D eigenvalue weighted by atomic mass is 16.5. The van der Waals surface area contributed by atoms with Crippen molar-refractivity contribution in [3.05, 3.63) is 29.6 Å². The van der Waals surface area contributed by atoms with Crippen molar-refractivity contribution in [2.45, 2.75) is 44.8 Å². The molecule has 2 heterocycles. The van der Waals surface area contributed by atoms with Gasteiger partial charge in [-0.1, -0.05) is 0 Å². The van der Waals surface area contributed by atoms with Gasteiger partial charge in [-0.3, -0.25) is 4.98 Å². The number of hydrogen-bond donors (Lipinski definition) is 1. The van der Waals surface area contributed by atoms with Crippen LogP contribution in [0, 0.1) is 6.92 Å². The van der Waals surface area contributed by atoms with E-state index in [9.17, 15) is 0 Å². The molecule has 1 aromatic rings. The second kappa shape index (κ2) is 5.41. The van der Waals surface area contributed by atoms with E-state index in [1.165, 1.54) is 18.4 Å². The average molecular weight is 220 g/mol. The Hall–Kier alpha value is -0.930. The van der Waals surface area contributed by atoms with E-state index in [0.29, 0.717) is 6.10 Å². The summed E-state index contributed by atoms with van der Waals surface area (Å²) in [6, 6.07) is 2.06. The fourth-order valence-electron chi connectivity index (χ4n) is 2.27. The minimum Gasteiger partial charge on any atom is -0.378 e. The highest BCUT2D eigenvalue weighted by Crippen LogP contribution is 2.24. The average Bonchev–Trinajstić information content (AvgIpc) is 2.31. The van der Waals surface area contributed by atoms with Crippen LogP contribution < -0.4 is 5.73 Å². The van der Waals surface area contributed by atoms with Crippen molar-refractivity contribution in [3.8, 4) is 0 Å². The SMILES string of the molecule is Cc1ccncc1C(N)CC1CCCCO1. The number of ether oxygens (including phenoxy) is 1. The van der Waals surface area contributed by atoms with Gasteiger partial charge in [0, 0.05) is 25.0 Å². The molecule has 0 amide bonds. The van der Waals surface area contributed by atoms with Crippen LogP contribution in [0.3, 0.4) is 0 Å². The maximum absolute atomic E-state index is 6.21. The monoisotopic (exact) mass is 220 g/mol. The fraction of sp³-hybridized carbons (Fsp3) is 0.615. The Kier molecular flexibility index (Phi) is 3.91. The summed E-state index contributed by atoms with van der Waals surface area (Å²) < 4.78 is 5.71. The summed E-state index contributed by atoms with van der Waals surface area (Å²) in [7, 11) is 0. The third kappa shape index (κ3) is 2.80. The number of aryl methyl sites for hydroxylation is 1. The fourth-order valence-corrected chi connectivity index (χ4v) is 2.27. The van der Waals surface area contributed by atoms with Crippen molar-refractivity contribution < 1.29 is 4.74 Å². The van der Waals surface area contributed by atoms with E-state index in [1.54, 1.807) is 0 Å². The highest BCUT2D eigenvalue weighted by Gasteiger charge is 2.19. The van der Waals surface area contributed by atoms with Crippen LogP contribution >= 0.6 is 0 Å². The van der Waals surface area contributed by atoms with Crippen LogP contribution in [0.4, 0.5) is 0 Å². The maximum Gasteiger partial charge on any atom is 0.0593 e. The number of nitrogens with zero attached hydrogens (tertiary/aromatic N) is 1. The maximum atomic E-state index is 6.21. The van der Waals surface area contributed by atoms with Gasteiger partial charge in [-0.2, -0.15) is 0 Å². The zero-order valence-corrected chi connectivity index (χ0v) is 9.86. The van der Waals surface area contributed by atoms with Crippen molar-refractivity contribution in [1.29, 1.82) is 0 Å². The molecule has 1 aliphatic rings. The largest absolute Gasteiger partial charge is 0.378 e. The first-order chi connectivity index (χ1) is 7.77. The molecule has 2 atom stereocenters. The molecule has 0 saturated carbocycles. The van der Waals surface area contributed by atoms with Crippen LogP contribution in [0.25, 0.3) is 0 Å². The van der Waals surface area contributed by atoms with Crippen molar-refractivity contribution >= 4 is 0 Å². The second-order valence-corrected chi connectivity index (χ2v) is 4.56. The first-order valence-electron chi connectivity index (χ1n) is 6.05. The molecule has 1 fully saturated rings. The zero-order chi connectivity index (χ0) is 11.4. The van der Waals surface area contributed by atoms with Gasteiger partial charge in [0.05, 0.1) is 6.10 Å². The van der Waals surface area contributed by atoms with E-state index in [-0.39, 0.29) is 6.04 Å². The number of rotatable bonds is 3. The molecule has 16 heavy (non-hydrogen) atoms. The van der Waals surface area contributed by atoms with Gasteiger partial charge in [-0.25, -0.2) is 0 Å². The van der Waals surface area contributed by atoms with Crippen molar-refractivity contribution in [3.63, 3.8) is 0 Å². The quantitative estimate of drug-likeness (QED) is 0.850. The summed E-state index contributed by atoms with van der Waals surface area (Å²) in [6.07, 6.45) is 8.54. The van der Waals surface area contributed by atoms with Gasteiger partial charge in [-0.15, -0.1) is 0 Å². The van der Waals surface area contributed by atoms with Gasteiger partial charge in [0.1, 0.15) is 0 Å². The topological polar surface area (TPSA) is 48.1 Å². The van der Waals surface area contributed by atoms with Crippen molar-refractivity contribution in [1.82, 2.24) is 4.98 Å². The molecule has 2 N–H and O–H groups in total. The van der Waals surface area contributed by atoms with E-state index >= 15 is 0 Å². The normalized spacial score (nSPS) is 23.0. The molecule has 3 nitrogen and oxygen atoms in total.